The van der Waals surface area contributed by atoms with Crippen LogP contribution in [0.2, 0.25) is 0 Å². The number of halogens is 4. The van der Waals surface area contributed by atoms with Gasteiger partial charge < -0.3 is 15.4 Å². The van der Waals surface area contributed by atoms with E-state index in [4.69, 9.17) is 10.5 Å². The molecule has 4 heterocycles. The number of nitrogens with two attached hydrogens (primary N) is 1. The van der Waals surface area contributed by atoms with E-state index in [1.54, 1.807) is 11.7 Å². The number of carbonyl (C=O) groups excluding carboxylic acids is 1. The van der Waals surface area contributed by atoms with E-state index in [1.165, 1.54) is 17.2 Å². The van der Waals surface area contributed by atoms with Crippen LogP contribution in [0.4, 0.5) is 23.4 Å². The minimum atomic E-state index is -4.65. The van der Waals surface area contributed by atoms with Crippen molar-refractivity contribution in [1.29, 1.82) is 0 Å². The van der Waals surface area contributed by atoms with Crippen molar-refractivity contribution in [2.45, 2.75) is 12.2 Å². The molecule has 176 valence electrons. The highest BCUT2D eigenvalue weighted by Gasteiger charge is 2.35. The molecular weight excluding hydrogens is 458 g/mol. The molecule has 1 aliphatic rings. The molecule has 9 nitrogen and oxygen atoms in total. The summed E-state index contributed by atoms with van der Waals surface area (Å²) in [5.74, 6) is -1.29. The van der Waals surface area contributed by atoms with Crippen molar-refractivity contribution >= 4 is 33.5 Å². The Morgan fingerprint density at radius 2 is 2.00 bits per heavy atom. The number of fused-ring (bicyclic) bond motifs is 3. The number of morpholine rings is 1. The topological polar surface area (TPSA) is 112 Å². The molecule has 1 aliphatic heterocycles. The quantitative estimate of drug-likeness (QED) is 0.444. The van der Waals surface area contributed by atoms with Crippen LogP contribution in [0.25, 0.3) is 21.8 Å². The Balaban J connectivity index is 1.56. The highest BCUT2D eigenvalue weighted by Crippen LogP contribution is 2.32. The lowest BCUT2D eigenvalue weighted by molar-refractivity contribution is -0.141. The summed E-state index contributed by atoms with van der Waals surface area (Å²) in [7, 11) is 1.69. The molecule has 13 heteroatoms. The lowest BCUT2D eigenvalue weighted by Crippen LogP contribution is -2.44. The minimum Gasteiger partial charge on any atom is -0.383 e. The maximum Gasteiger partial charge on any atom is 0.435 e. The molecular formula is C21H17F4N7O2. The van der Waals surface area contributed by atoms with Crippen molar-refractivity contribution in [1.82, 2.24) is 29.9 Å². The van der Waals surface area contributed by atoms with Crippen molar-refractivity contribution in [3.05, 3.63) is 53.2 Å². The van der Waals surface area contributed by atoms with Gasteiger partial charge in [0.15, 0.2) is 5.69 Å². The van der Waals surface area contributed by atoms with Crippen LogP contribution >= 0.6 is 0 Å². The van der Waals surface area contributed by atoms with E-state index in [0.717, 1.165) is 18.2 Å². The average Bonchev–Trinajstić information content (AvgIpc) is 3.20. The van der Waals surface area contributed by atoms with Crippen LogP contribution in [-0.4, -0.2) is 55.5 Å². The predicted octanol–water partition coefficient (Wildman–Crippen LogP) is 2.87. The van der Waals surface area contributed by atoms with E-state index < -0.39 is 29.6 Å². The molecule has 2 N–H and O–H groups in total. The fourth-order valence-electron chi connectivity index (χ4n) is 4.06. The first kappa shape index (κ1) is 21.9. The first-order chi connectivity index (χ1) is 16.1. The van der Waals surface area contributed by atoms with Crippen LogP contribution in [0.3, 0.4) is 0 Å². The number of aromatic nitrogens is 5. The molecule has 0 saturated carbocycles. The number of nitrogen functional groups attached to an aromatic ring is 1. The summed E-state index contributed by atoms with van der Waals surface area (Å²) < 4.78 is 60.6. The molecule has 0 radical (unpaired) electrons. The van der Waals surface area contributed by atoms with Gasteiger partial charge in [0.2, 0.25) is 0 Å². The lowest BCUT2D eigenvalue weighted by atomic mass is 10.0. The van der Waals surface area contributed by atoms with Gasteiger partial charge in [-0.1, -0.05) is 0 Å². The first-order valence-electron chi connectivity index (χ1n) is 10.1. The fraction of sp³-hybridized carbons (Fsp3) is 0.286. The summed E-state index contributed by atoms with van der Waals surface area (Å²) in [6, 6.07) is 3.59. The molecule has 34 heavy (non-hydrogen) atoms. The molecule has 0 unspecified atom stereocenters. The summed E-state index contributed by atoms with van der Waals surface area (Å²) in [6.45, 7) is 0.241. The van der Waals surface area contributed by atoms with Crippen LogP contribution in [0.1, 0.15) is 27.8 Å². The Labute approximate surface area is 189 Å². The molecule has 5 rings (SSSR count). The fourth-order valence-corrected chi connectivity index (χ4v) is 4.06. The number of nitrogens with zero attached hydrogens (tertiary/aromatic N) is 6. The Morgan fingerprint density at radius 3 is 2.71 bits per heavy atom. The van der Waals surface area contributed by atoms with Gasteiger partial charge in [0.1, 0.15) is 11.6 Å². The second-order valence-corrected chi connectivity index (χ2v) is 7.81. The second-order valence-electron chi connectivity index (χ2n) is 7.81. The predicted molar refractivity (Wildman–Crippen MR) is 112 cm³/mol. The number of alkyl halides is 3. The minimum absolute atomic E-state index is 0.0228. The molecule has 0 bridgehead atoms. The smallest absolute Gasteiger partial charge is 0.383 e. The molecule has 1 amide bonds. The summed E-state index contributed by atoms with van der Waals surface area (Å²) >= 11 is 0. The molecule has 1 saturated heterocycles. The van der Waals surface area contributed by atoms with Gasteiger partial charge in [-0.3, -0.25) is 9.48 Å². The molecule has 0 aliphatic carbocycles. The third-order valence-electron chi connectivity index (χ3n) is 5.73. The van der Waals surface area contributed by atoms with Crippen LogP contribution in [0.15, 0.2) is 30.5 Å². The van der Waals surface area contributed by atoms with Gasteiger partial charge >= 0.3 is 6.18 Å². The highest BCUT2D eigenvalue weighted by atomic mass is 19.4. The number of carbonyl (C=O) groups is 1. The van der Waals surface area contributed by atoms with Gasteiger partial charge in [-0.15, -0.1) is 5.10 Å². The van der Waals surface area contributed by atoms with Gasteiger partial charge in [0.25, 0.3) is 5.91 Å². The maximum atomic E-state index is 15.1. The Hall–Kier alpha value is -3.87. The Kier molecular flexibility index (Phi) is 5.08. The largest absolute Gasteiger partial charge is 0.435 e. The zero-order valence-corrected chi connectivity index (χ0v) is 17.7. The lowest BCUT2D eigenvalue weighted by Gasteiger charge is -2.35. The monoisotopic (exact) mass is 475 g/mol. The first-order valence-corrected chi connectivity index (χ1v) is 10.1. The number of rotatable bonds is 2. The zero-order chi connectivity index (χ0) is 24.2. The molecule has 3 aromatic heterocycles. The summed E-state index contributed by atoms with van der Waals surface area (Å²) in [5, 5.41) is 12.1. The number of anilines is 1. The van der Waals surface area contributed by atoms with Gasteiger partial charge in [0, 0.05) is 25.0 Å². The van der Waals surface area contributed by atoms with E-state index in [0.29, 0.717) is 16.3 Å². The number of ether oxygens (including phenoxy) is 1. The van der Waals surface area contributed by atoms with Crippen LogP contribution in [0.5, 0.6) is 0 Å². The van der Waals surface area contributed by atoms with E-state index in [1.807, 2.05) is 0 Å². The normalized spacial score (nSPS) is 17.0. The third kappa shape index (κ3) is 3.57. The number of pyridine rings is 1. The van der Waals surface area contributed by atoms with Crippen molar-refractivity contribution in [2.24, 2.45) is 7.05 Å². The van der Waals surface area contributed by atoms with Gasteiger partial charge in [-0.05, 0) is 18.2 Å². The van der Waals surface area contributed by atoms with E-state index >= 15 is 4.39 Å². The number of benzene rings is 1. The SMILES string of the molecule is Cn1ncc2c(N)nc3cc(F)c(C(=O)N4CCOC[C@@H]4c4ccc(C(F)(F)F)nn4)cc3c21. The van der Waals surface area contributed by atoms with Crippen molar-refractivity contribution in [3.8, 4) is 0 Å². The molecule has 4 aromatic rings. The van der Waals surface area contributed by atoms with E-state index in [9.17, 15) is 18.0 Å². The highest BCUT2D eigenvalue weighted by molar-refractivity contribution is 6.10. The summed E-state index contributed by atoms with van der Waals surface area (Å²) in [6.07, 6.45) is -3.11. The summed E-state index contributed by atoms with van der Waals surface area (Å²) in [4.78, 5) is 19.0. The van der Waals surface area contributed by atoms with Gasteiger partial charge in [-0.25, -0.2) is 9.37 Å². The number of hydrogen-bond acceptors (Lipinski definition) is 7. The average molecular weight is 475 g/mol. The number of aryl methyl sites for hydroxylation is 1. The van der Waals surface area contributed by atoms with E-state index in [-0.39, 0.29) is 42.4 Å². The molecule has 1 atom stereocenters. The molecule has 1 fully saturated rings. The maximum absolute atomic E-state index is 15.1. The number of hydrogen-bond donors (Lipinski definition) is 1. The van der Waals surface area contributed by atoms with E-state index in [2.05, 4.69) is 20.3 Å². The van der Waals surface area contributed by atoms with Crippen LogP contribution < -0.4 is 5.73 Å². The van der Waals surface area contributed by atoms with Gasteiger partial charge in [0.05, 0.1) is 53.1 Å². The zero-order valence-electron chi connectivity index (χ0n) is 17.7. The summed E-state index contributed by atoms with van der Waals surface area (Å²) in [5.41, 5.74) is 5.53. The van der Waals surface area contributed by atoms with Crippen LogP contribution in [-0.2, 0) is 18.0 Å². The molecule has 1 aromatic carbocycles. The van der Waals surface area contributed by atoms with Gasteiger partial charge in [-0.2, -0.15) is 23.4 Å². The molecule has 0 spiro atoms. The van der Waals surface area contributed by atoms with Crippen molar-refractivity contribution < 1.29 is 27.1 Å². The Morgan fingerprint density at radius 1 is 1.21 bits per heavy atom. The standard InChI is InChI=1S/C21H17F4N7O2/c1-31-18-11-6-10(13(22)7-15(11)28-19(26)12(18)8-27-31)20(33)32-4-5-34-9-16(32)14-2-3-17(30-29-14)21(23,24)25/h2-3,6-8,16H,4-5,9H2,1H3,(H2,26,28)/t16-/m1/s1. The number of amides is 1. The van der Waals surface area contributed by atoms with Crippen molar-refractivity contribution in [3.63, 3.8) is 0 Å². The second kappa shape index (κ2) is 7.87. The third-order valence-corrected chi connectivity index (χ3v) is 5.73. The van der Waals surface area contributed by atoms with Crippen LogP contribution in [0, 0.1) is 5.82 Å². The van der Waals surface area contributed by atoms with Crippen molar-refractivity contribution in [2.75, 3.05) is 25.5 Å². The Bertz CT molecular complexity index is 1420.